The third-order valence-corrected chi connectivity index (χ3v) is 4.30. The van der Waals surface area contributed by atoms with Crippen LogP contribution in [0.15, 0.2) is 34.2 Å². The molecule has 0 saturated heterocycles. The zero-order chi connectivity index (χ0) is 16.4. The van der Waals surface area contributed by atoms with Crippen LogP contribution in [0.3, 0.4) is 0 Å². The first kappa shape index (κ1) is 18.4. The summed E-state index contributed by atoms with van der Waals surface area (Å²) < 4.78 is 30.5. The Morgan fingerprint density at radius 3 is 2.45 bits per heavy atom. The molecule has 0 saturated carbocycles. The van der Waals surface area contributed by atoms with Crippen molar-refractivity contribution in [1.82, 2.24) is 15.4 Å². The maximum atomic E-state index is 11.6. The maximum Gasteiger partial charge on any atom is 0.240 e. The summed E-state index contributed by atoms with van der Waals surface area (Å²) in [7, 11) is -0.358. The van der Waals surface area contributed by atoms with Gasteiger partial charge in [-0.1, -0.05) is 12.1 Å². The highest BCUT2D eigenvalue weighted by Gasteiger charge is 2.10. The fourth-order valence-corrected chi connectivity index (χ4v) is 2.41. The number of benzene rings is 1. The van der Waals surface area contributed by atoms with Gasteiger partial charge in [-0.05, 0) is 31.7 Å². The number of nitrogens with zero attached hydrogens (tertiary/aromatic N) is 1. The van der Waals surface area contributed by atoms with Crippen molar-refractivity contribution in [2.75, 3.05) is 33.9 Å². The van der Waals surface area contributed by atoms with Gasteiger partial charge in [0.25, 0.3) is 0 Å². The lowest BCUT2D eigenvalue weighted by Gasteiger charge is -2.10. The molecule has 0 fully saturated rings. The van der Waals surface area contributed by atoms with Crippen LogP contribution in [0.25, 0.3) is 0 Å². The Morgan fingerprint density at radius 2 is 1.91 bits per heavy atom. The van der Waals surface area contributed by atoms with Gasteiger partial charge in [0.15, 0.2) is 5.96 Å². The smallest absolute Gasteiger partial charge is 0.240 e. The quantitative estimate of drug-likeness (QED) is 0.363. The summed E-state index contributed by atoms with van der Waals surface area (Å²) in [5, 5.41) is 6.28. The molecule has 0 radical (unpaired) electrons. The number of hydrogen-bond donors (Lipinski definition) is 3. The third kappa shape index (κ3) is 6.00. The van der Waals surface area contributed by atoms with Crippen molar-refractivity contribution in [3.05, 3.63) is 29.8 Å². The summed E-state index contributed by atoms with van der Waals surface area (Å²) in [6.45, 7) is 4.48. The van der Waals surface area contributed by atoms with E-state index in [1.807, 2.05) is 6.92 Å². The van der Waals surface area contributed by atoms with Crippen LogP contribution < -0.4 is 15.4 Å². The highest BCUT2D eigenvalue weighted by atomic mass is 32.2. The van der Waals surface area contributed by atoms with Crippen molar-refractivity contribution < 1.29 is 13.2 Å². The molecule has 1 aromatic carbocycles. The molecule has 0 heterocycles. The summed E-state index contributed by atoms with van der Waals surface area (Å²) >= 11 is 0. The van der Waals surface area contributed by atoms with E-state index >= 15 is 0 Å². The highest BCUT2D eigenvalue weighted by molar-refractivity contribution is 7.89. The van der Waals surface area contributed by atoms with Gasteiger partial charge < -0.3 is 15.4 Å². The molecule has 0 atom stereocenters. The van der Waals surface area contributed by atoms with Crippen LogP contribution >= 0.6 is 0 Å². The first-order valence-electron chi connectivity index (χ1n) is 7.07. The molecular weight excluding hydrogens is 304 g/mol. The molecule has 1 rings (SSSR count). The fraction of sp³-hybridized carbons (Fsp3) is 0.500. The SMILES string of the molecule is CCNC(=NCc1ccc(S(=O)(=O)NC)cc1)NCCOC. The average Bonchev–Trinajstić information content (AvgIpc) is 2.53. The molecule has 0 amide bonds. The van der Waals surface area contributed by atoms with E-state index in [1.165, 1.54) is 7.05 Å². The molecule has 3 N–H and O–H groups in total. The van der Waals surface area contributed by atoms with E-state index in [4.69, 9.17) is 4.74 Å². The Hall–Kier alpha value is -1.64. The van der Waals surface area contributed by atoms with Crippen molar-refractivity contribution in [3.8, 4) is 0 Å². The normalized spacial score (nSPS) is 12.2. The Labute approximate surface area is 132 Å². The molecule has 0 aliphatic rings. The first-order valence-corrected chi connectivity index (χ1v) is 8.55. The molecule has 22 heavy (non-hydrogen) atoms. The molecule has 0 spiro atoms. The second-order valence-corrected chi connectivity index (χ2v) is 6.35. The van der Waals surface area contributed by atoms with Crippen molar-refractivity contribution >= 4 is 16.0 Å². The molecule has 0 bridgehead atoms. The minimum absolute atomic E-state index is 0.243. The molecule has 7 nitrogen and oxygen atoms in total. The van der Waals surface area contributed by atoms with Gasteiger partial charge >= 0.3 is 0 Å². The van der Waals surface area contributed by atoms with Gasteiger partial charge in [0.1, 0.15) is 0 Å². The monoisotopic (exact) mass is 328 g/mol. The van der Waals surface area contributed by atoms with Crippen LogP contribution in [0.4, 0.5) is 0 Å². The summed E-state index contributed by atoms with van der Waals surface area (Å²) in [6.07, 6.45) is 0. The zero-order valence-electron chi connectivity index (χ0n) is 13.2. The summed E-state index contributed by atoms with van der Waals surface area (Å²) in [5.41, 5.74) is 0.930. The summed E-state index contributed by atoms with van der Waals surface area (Å²) in [5.74, 6) is 0.700. The van der Waals surface area contributed by atoms with Gasteiger partial charge in [0.05, 0.1) is 18.0 Å². The van der Waals surface area contributed by atoms with Crippen molar-refractivity contribution in [1.29, 1.82) is 0 Å². The molecule has 0 aromatic heterocycles. The maximum absolute atomic E-state index is 11.6. The first-order chi connectivity index (χ1) is 10.5. The van der Waals surface area contributed by atoms with Crippen LogP contribution in [-0.2, 0) is 21.3 Å². The number of sulfonamides is 1. The lowest BCUT2D eigenvalue weighted by Crippen LogP contribution is -2.38. The Kier molecular flexibility index (Phi) is 7.86. The van der Waals surface area contributed by atoms with Gasteiger partial charge in [-0.2, -0.15) is 0 Å². The number of ether oxygens (including phenoxy) is 1. The van der Waals surface area contributed by atoms with E-state index in [1.54, 1.807) is 31.4 Å². The van der Waals surface area contributed by atoms with Crippen LogP contribution in [0.5, 0.6) is 0 Å². The van der Waals surface area contributed by atoms with Crippen molar-refractivity contribution in [2.24, 2.45) is 4.99 Å². The van der Waals surface area contributed by atoms with Crippen LogP contribution in [0.2, 0.25) is 0 Å². The van der Waals surface area contributed by atoms with E-state index in [0.717, 1.165) is 12.1 Å². The minimum Gasteiger partial charge on any atom is -0.383 e. The van der Waals surface area contributed by atoms with Gasteiger partial charge in [0.2, 0.25) is 10.0 Å². The fourth-order valence-electron chi connectivity index (χ4n) is 1.68. The number of rotatable bonds is 8. The number of methoxy groups -OCH3 is 1. The molecule has 0 unspecified atom stereocenters. The van der Waals surface area contributed by atoms with Gasteiger partial charge in [-0.15, -0.1) is 0 Å². The van der Waals surface area contributed by atoms with Crippen molar-refractivity contribution in [3.63, 3.8) is 0 Å². The topological polar surface area (TPSA) is 91.8 Å². The number of hydrogen-bond acceptors (Lipinski definition) is 4. The Balaban J connectivity index is 2.69. The predicted molar refractivity (Wildman–Crippen MR) is 87.4 cm³/mol. The summed E-state index contributed by atoms with van der Waals surface area (Å²) in [6, 6.07) is 6.66. The minimum atomic E-state index is -3.39. The van der Waals surface area contributed by atoms with Gasteiger partial charge in [-0.3, -0.25) is 0 Å². The van der Waals surface area contributed by atoms with Crippen LogP contribution in [-0.4, -0.2) is 48.2 Å². The molecule has 1 aromatic rings. The van der Waals surface area contributed by atoms with Crippen LogP contribution in [0, 0.1) is 0 Å². The van der Waals surface area contributed by atoms with Crippen LogP contribution in [0.1, 0.15) is 12.5 Å². The molecular formula is C14H24N4O3S. The Morgan fingerprint density at radius 1 is 1.23 bits per heavy atom. The highest BCUT2D eigenvalue weighted by Crippen LogP contribution is 2.10. The summed E-state index contributed by atoms with van der Waals surface area (Å²) in [4.78, 5) is 4.68. The van der Waals surface area contributed by atoms with E-state index in [-0.39, 0.29) is 4.90 Å². The largest absolute Gasteiger partial charge is 0.383 e. The lowest BCUT2D eigenvalue weighted by atomic mass is 10.2. The molecule has 0 aliphatic heterocycles. The van der Waals surface area contributed by atoms with Gasteiger partial charge in [-0.25, -0.2) is 18.1 Å². The van der Waals surface area contributed by atoms with E-state index < -0.39 is 10.0 Å². The second kappa shape index (κ2) is 9.39. The second-order valence-electron chi connectivity index (χ2n) is 4.47. The number of guanidine groups is 1. The predicted octanol–water partition coefficient (Wildman–Crippen LogP) is 0.296. The van der Waals surface area contributed by atoms with Crippen molar-refractivity contribution in [2.45, 2.75) is 18.4 Å². The standard InChI is InChI=1S/C14H24N4O3S/c1-4-16-14(17-9-10-21-3)18-11-12-5-7-13(8-6-12)22(19,20)15-2/h5-8,15H,4,9-11H2,1-3H3,(H2,16,17,18). The molecule has 8 heteroatoms. The lowest BCUT2D eigenvalue weighted by molar-refractivity contribution is 0.203. The Bertz CT molecular complexity index is 570. The number of nitrogens with one attached hydrogen (secondary N) is 3. The third-order valence-electron chi connectivity index (χ3n) is 2.86. The van der Waals surface area contributed by atoms with E-state index in [9.17, 15) is 8.42 Å². The van der Waals surface area contributed by atoms with E-state index in [2.05, 4.69) is 20.3 Å². The van der Waals surface area contributed by atoms with Gasteiger partial charge in [0, 0.05) is 20.2 Å². The molecule has 124 valence electrons. The molecule has 0 aliphatic carbocycles. The zero-order valence-corrected chi connectivity index (χ0v) is 14.0. The average molecular weight is 328 g/mol. The number of aliphatic imine (C=N–C) groups is 1. The van der Waals surface area contributed by atoms with E-state index in [0.29, 0.717) is 25.7 Å².